The van der Waals surface area contributed by atoms with Crippen molar-refractivity contribution in [2.75, 3.05) is 7.11 Å². The van der Waals surface area contributed by atoms with Crippen LogP contribution in [0.1, 0.15) is 5.82 Å². The number of nitrogens with zero attached hydrogens (tertiary/aromatic N) is 2. The molecule has 2 rings (SSSR count). The summed E-state index contributed by atoms with van der Waals surface area (Å²) in [4.78, 5) is 4.18. The number of aromatic nitrogens is 2. The molecule has 0 aliphatic carbocycles. The minimum absolute atomic E-state index is 0.351. The zero-order valence-corrected chi connectivity index (χ0v) is 5.95. The van der Waals surface area contributed by atoms with E-state index in [0.29, 0.717) is 6.10 Å². The molecule has 3 nitrogen and oxygen atoms in total. The summed E-state index contributed by atoms with van der Waals surface area (Å²) in [5.74, 6) is 1.15. The summed E-state index contributed by atoms with van der Waals surface area (Å²) in [6.07, 6.45) is 5.14. The molecule has 1 aromatic heterocycles. The number of rotatable bonds is 1. The van der Waals surface area contributed by atoms with Crippen LogP contribution < -0.4 is 0 Å². The average molecular weight is 138 g/mol. The lowest BCUT2D eigenvalue weighted by atomic mass is 10.3. The van der Waals surface area contributed by atoms with E-state index < -0.39 is 0 Å². The Morgan fingerprint density at radius 3 is 3.40 bits per heavy atom. The number of methoxy groups -OCH3 is 1. The Hall–Kier alpha value is -0.830. The van der Waals surface area contributed by atoms with E-state index in [4.69, 9.17) is 4.74 Å². The van der Waals surface area contributed by atoms with Gasteiger partial charge in [0.25, 0.3) is 0 Å². The van der Waals surface area contributed by atoms with Crippen LogP contribution in [0.3, 0.4) is 0 Å². The van der Waals surface area contributed by atoms with Crippen molar-refractivity contribution < 1.29 is 4.74 Å². The van der Waals surface area contributed by atoms with Gasteiger partial charge in [-0.05, 0) is 0 Å². The second kappa shape index (κ2) is 2.09. The van der Waals surface area contributed by atoms with E-state index in [9.17, 15) is 0 Å². The van der Waals surface area contributed by atoms with Crippen LogP contribution in [0, 0.1) is 0 Å². The first-order chi connectivity index (χ1) is 4.90. The molecular formula is C7H10N2O. The number of ether oxygens (including phenoxy) is 1. The molecule has 0 bridgehead atoms. The molecule has 1 aromatic rings. The van der Waals surface area contributed by atoms with Gasteiger partial charge in [-0.3, -0.25) is 0 Å². The Labute approximate surface area is 59.6 Å². The molecule has 1 atom stereocenters. The van der Waals surface area contributed by atoms with E-state index in [2.05, 4.69) is 9.55 Å². The lowest BCUT2D eigenvalue weighted by Crippen LogP contribution is -2.10. The van der Waals surface area contributed by atoms with Crippen LogP contribution >= 0.6 is 0 Å². The molecule has 0 aromatic carbocycles. The summed E-state index contributed by atoms with van der Waals surface area (Å²) >= 11 is 0. The molecule has 0 unspecified atom stereocenters. The quantitative estimate of drug-likeness (QED) is 0.563. The molecule has 0 spiro atoms. The van der Waals surface area contributed by atoms with E-state index in [1.54, 1.807) is 7.11 Å². The summed E-state index contributed by atoms with van der Waals surface area (Å²) in [6.45, 7) is 0.964. The van der Waals surface area contributed by atoms with Gasteiger partial charge in [0.05, 0.1) is 12.6 Å². The Morgan fingerprint density at radius 1 is 1.80 bits per heavy atom. The van der Waals surface area contributed by atoms with Gasteiger partial charge in [-0.15, -0.1) is 0 Å². The summed E-state index contributed by atoms with van der Waals surface area (Å²) in [5.41, 5.74) is 0. The van der Waals surface area contributed by atoms with Gasteiger partial charge in [-0.25, -0.2) is 4.98 Å². The van der Waals surface area contributed by atoms with Crippen molar-refractivity contribution in [3.63, 3.8) is 0 Å². The van der Waals surface area contributed by atoms with E-state index >= 15 is 0 Å². The number of hydrogen-bond donors (Lipinski definition) is 0. The fourth-order valence-electron chi connectivity index (χ4n) is 1.34. The highest BCUT2D eigenvalue weighted by Gasteiger charge is 2.20. The second-order valence-corrected chi connectivity index (χ2v) is 2.56. The molecule has 0 saturated carbocycles. The van der Waals surface area contributed by atoms with E-state index in [1.807, 2.05) is 12.4 Å². The third kappa shape index (κ3) is 0.743. The topological polar surface area (TPSA) is 27.1 Å². The highest BCUT2D eigenvalue weighted by atomic mass is 16.5. The monoisotopic (exact) mass is 138 g/mol. The maximum Gasteiger partial charge on any atom is 0.111 e. The van der Waals surface area contributed by atoms with E-state index in [1.165, 1.54) is 0 Å². The van der Waals surface area contributed by atoms with E-state index in [-0.39, 0.29) is 0 Å². The molecule has 0 N–H and O–H groups in total. The molecule has 10 heavy (non-hydrogen) atoms. The molecule has 54 valence electrons. The Balaban J connectivity index is 2.21. The molecule has 2 heterocycles. The normalized spacial score (nSPS) is 23.1. The van der Waals surface area contributed by atoms with Crippen LogP contribution in [0.5, 0.6) is 0 Å². The zero-order valence-electron chi connectivity index (χ0n) is 5.95. The third-order valence-corrected chi connectivity index (χ3v) is 1.95. The largest absolute Gasteiger partial charge is 0.379 e. The first-order valence-electron chi connectivity index (χ1n) is 3.43. The van der Waals surface area contributed by atoms with Crippen LogP contribution in [0.15, 0.2) is 12.4 Å². The molecule has 1 aliphatic rings. The maximum absolute atomic E-state index is 5.19. The highest BCUT2D eigenvalue weighted by Crippen LogP contribution is 2.14. The molecule has 0 amide bonds. The van der Waals surface area contributed by atoms with Crippen molar-refractivity contribution >= 4 is 0 Å². The number of fused-ring (bicyclic) bond motifs is 1. The van der Waals surface area contributed by atoms with Crippen molar-refractivity contribution in [1.29, 1.82) is 0 Å². The lowest BCUT2D eigenvalue weighted by molar-refractivity contribution is 0.103. The number of imidazole rings is 1. The summed E-state index contributed by atoms with van der Waals surface area (Å²) < 4.78 is 7.32. The van der Waals surface area contributed by atoms with Crippen molar-refractivity contribution in [2.24, 2.45) is 0 Å². The summed E-state index contributed by atoms with van der Waals surface area (Å²) in [7, 11) is 1.75. The Kier molecular flexibility index (Phi) is 1.24. The lowest BCUT2D eigenvalue weighted by Gasteiger charge is -2.03. The highest BCUT2D eigenvalue weighted by molar-refractivity contribution is 5.00. The fourth-order valence-corrected chi connectivity index (χ4v) is 1.34. The summed E-state index contributed by atoms with van der Waals surface area (Å²) in [6, 6.07) is 0. The standard InChI is InChI=1S/C7H10N2O/c1-10-6-4-7-8-2-3-9(7)5-6/h2-3,6H,4-5H2,1H3/t6-/m1/s1. The van der Waals surface area contributed by atoms with Crippen molar-refractivity contribution in [1.82, 2.24) is 9.55 Å². The van der Waals surface area contributed by atoms with Crippen LogP contribution in [-0.4, -0.2) is 22.8 Å². The van der Waals surface area contributed by atoms with Gasteiger partial charge < -0.3 is 9.30 Å². The molecule has 0 saturated heterocycles. The minimum atomic E-state index is 0.351. The van der Waals surface area contributed by atoms with Crippen LogP contribution in [0.2, 0.25) is 0 Å². The number of hydrogen-bond acceptors (Lipinski definition) is 2. The SMILES string of the molecule is CO[C@@H]1Cc2nccn2C1. The first-order valence-corrected chi connectivity index (χ1v) is 3.43. The molecule has 0 fully saturated rings. The molecular weight excluding hydrogens is 128 g/mol. The van der Waals surface area contributed by atoms with Crippen molar-refractivity contribution in [2.45, 2.75) is 19.1 Å². The van der Waals surface area contributed by atoms with Gasteiger partial charge in [-0.1, -0.05) is 0 Å². The molecule has 1 aliphatic heterocycles. The zero-order chi connectivity index (χ0) is 6.97. The van der Waals surface area contributed by atoms with E-state index in [0.717, 1.165) is 18.8 Å². The smallest absolute Gasteiger partial charge is 0.111 e. The average Bonchev–Trinajstić information content (AvgIpc) is 2.42. The fraction of sp³-hybridized carbons (Fsp3) is 0.571. The molecule has 0 radical (unpaired) electrons. The summed E-state index contributed by atoms with van der Waals surface area (Å²) in [5, 5.41) is 0. The van der Waals surface area contributed by atoms with Gasteiger partial charge in [0.1, 0.15) is 5.82 Å². The van der Waals surface area contributed by atoms with Crippen molar-refractivity contribution in [3.8, 4) is 0 Å². The van der Waals surface area contributed by atoms with Crippen molar-refractivity contribution in [3.05, 3.63) is 18.2 Å². The van der Waals surface area contributed by atoms with Gasteiger partial charge in [-0.2, -0.15) is 0 Å². The van der Waals surface area contributed by atoms with Crippen LogP contribution in [0.25, 0.3) is 0 Å². The second-order valence-electron chi connectivity index (χ2n) is 2.56. The van der Waals surface area contributed by atoms with Gasteiger partial charge in [0.2, 0.25) is 0 Å². The van der Waals surface area contributed by atoms with Gasteiger partial charge >= 0.3 is 0 Å². The van der Waals surface area contributed by atoms with Crippen LogP contribution in [-0.2, 0) is 17.7 Å². The van der Waals surface area contributed by atoms with Gasteiger partial charge in [0, 0.05) is 25.9 Å². The molecule has 3 heteroatoms. The minimum Gasteiger partial charge on any atom is -0.379 e. The Bertz CT molecular complexity index is 211. The first kappa shape index (κ1) is 5.92. The predicted octanol–water partition coefficient (Wildman–Crippen LogP) is 0.454. The van der Waals surface area contributed by atoms with Gasteiger partial charge in [0.15, 0.2) is 0 Å². The Morgan fingerprint density at radius 2 is 2.70 bits per heavy atom. The maximum atomic E-state index is 5.19. The third-order valence-electron chi connectivity index (χ3n) is 1.95. The predicted molar refractivity (Wildman–Crippen MR) is 36.7 cm³/mol. The van der Waals surface area contributed by atoms with Crippen LogP contribution in [0.4, 0.5) is 0 Å².